The Morgan fingerprint density at radius 3 is 2.64 bits per heavy atom. The van der Waals surface area contributed by atoms with Crippen molar-refractivity contribution in [3.8, 4) is 0 Å². The van der Waals surface area contributed by atoms with E-state index in [1.807, 2.05) is 12.2 Å². The second-order valence-corrected chi connectivity index (χ2v) is 6.06. The van der Waals surface area contributed by atoms with Crippen molar-refractivity contribution in [1.82, 2.24) is 9.97 Å². The summed E-state index contributed by atoms with van der Waals surface area (Å²) in [6, 6.07) is 6.70. The number of benzene rings is 1. The molecule has 2 aromatic rings. The number of carboxylic acid groups (broad SMARTS) is 1. The summed E-state index contributed by atoms with van der Waals surface area (Å²) in [5, 5.41) is 8.80. The van der Waals surface area contributed by atoms with Crippen LogP contribution in [0.15, 0.2) is 30.6 Å². The van der Waals surface area contributed by atoms with Gasteiger partial charge in [-0.05, 0) is 53.9 Å². The molecule has 22 heavy (non-hydrogen) atoms. The second kappa shape index (κ2) is 5.05. The third kappa shape index (κ3) is 2.21. The van der Waals surface area contributed by atoms with Gasteiger partial charge in [0.05, 0.1) is 18.1 Å². The van der Waals surface area contributed by atoms with Crippen LogP contribution in [0.25, 0.3) is 12.2 Å². The fraction of sp³-hybridized carbons (Fsp3) is 0.278. The highest BCUT2D eigenvalue weighted by Gasteiger charge is 2.36. The predicted molar refractivity (Wildman–Crippen MR) is 83.7 cm³/mol. The summed E-state index contributed by atoms with van der Waals surface area (Å²) in [7, 11) is 0. The highest BCUT2D eigenvalue weighted by atomic mass is 16.4. The van der Waals surface area contributed by atoms with Crippen LogP contribution in [-0.2, 0) is 0 Å². The largest absolute Gasteiger partial charge is 0.476 e. The van der Waals surface area contributed by atoms with E-state index < -0.39 is 5.97 Å². The normalized spacial score (nSPS) is 22.2. The maximum Gasteiger partial charge on any atom is 0.356 e. The smallest absolute Gasteiger partial charge is 0.356 e. The first kappa shape index (κ1) is 13.2. The van der Waals surface area contributed by atoms with Gasteiger partial charge in [0.2, 0.25) is 0 Å². The first-order valence-electron chi connectivity index (χ1n) is 7.58. The molecular formula is C18H16N2O2. The van der Waals surface area contributed by atoms with Crippen molar-refractivity contribution in [2.75, 3.05) is 0 Å². The lowest BCUT2D eigenvalue weighted by Crippen LogP contribution is -2.00. The number of aromatic nitrogens is 2. The minimum Gasteiger partial charge on any atom is -0.476 e. The third-order valence-corrected chi connectivity index (χ3v) is 4.76. The molecule has 2 atom stereocenters. The Morgan fingerprint density at radius 1 is 1.09 bits per heavy atom. The van der Waals surface area contributed by atoms with Crippen molar-refractivity contribution in [1.29, 1.82) is 0 Å². The molecule has 1 aromatic heterocycles. The average molecular weight is 292 g/mol. The van der Waals surface area contributed by atoms with E-state index in [-0.39, 0.29) is 5.69 Å². The summed E-state index contributed by atoms with van der Waals surface area (Å²) in [6.45, 7) is 0. The highest BCUT2D eigenvalue weighted by Crippen LogP contribution is 2.53. The van der Waals surface area contributed by atoms with Gasteiger partial charge in [-0.1, -0.05) is 24.3 Å². The Bertz CT molecular complexity index is 765. The van der Waals surface area contributed by atoms with Crippen LogP contribution in [-0.4, -0.2) is 21.0 Å². The average Bonchev–Trinajstić information content (AvgIpc) is 3.15. The summed E-state index contributed by atoms with van der Waals surface area (Å²) in [5.41, 5.74) is 4.85. The lowest BCUT2D eigenvalue weighted by Gasteiger charge is -2.15. The zero-order valence-corrected chi connectivity index (χ0v) is 12.1. The number of aromatic carboxylic acids is 1. The van der Waals surface area contributed by atoms with Gasteiger partial charge >= 0.3 is 5.97 Å². The van der Waals surface area contributed by atoms with Crippen molar-refractivity contribution in [2.45, 2.75) is 31.1 Å². The van der Waals surface area contributed by atoms with E-state index >= 15 is 0 Å². The van der Waals surface area contributed by atoms with Gasteiger partial charge in [-0.25, -0.2) is 9.78 Å². The van der Waals surface area contributed by atoms with E-state index in [1.54, 1.807) is 5.56 Å². The van der Waals surface area contributed by atoms with Crippen LogP contribution in [0.5, 0.6) is 0 Å². The zero-order valence-electron chi connectivity index (χ0n) is 12.1. The maximum absolute atomic E-state index is 10.7. The molecule has 2 bridgehead atoms. The Hall–Kier alpha value is -2.49. The summed E-state index contributed by atoms with van der Waals surface area (Å²) in [4.78, 5) is 18.7. The van der Waals surface area contributed by atoms with Crippen LogP contribution < -0.4 is 0 Å². The fourth-order valence-corrected chi connectivity index (χ4v) is 3.68. The fourth-order valence-electron chi connectivity index (χ4n) is 3.68. The molecule has 0 spiro atoms. The molecule has 2 aliphatic rings. The van der Waals surface area contributed by atoms with Crippen molar-refractivity contribution in [2.24, 2.45) is 0 Å². The van der Waals surface area contributed by atoms with Crippen molar-refractivity contribution in [3.63, 3.8) is 0 Å². The third-order valence-electron chi connectivity index (χ3n) is 4.76. The molecule has 4 heteroatoms. The van der Waals surface area contributed by atoms with Gasteiger partial charge < -0.3 is 5.11 Å². The number of hydrogen-bond donors (Lipinski definition) is 1. The molecular weight excluding hydrogens is 276 g/mol. The molecule has 0 radical (unpaired) electrons. The minimum absolute atomic E-state index is 0.0364. The van der Waals surface area contributed by atoms with E-state index in [0.717, 1.165) is 17.4 Å². The second-order valence-electron chi connectivity index (χ2n) is 6.06. The zero-order chi connectivity index (χ0) is 15.1. The molecule has 1 heterocycles. The van der Waals surface area contributed by atoms with Crippen LogP contribution in [0.2, 0.25) is 0 Å². The number of carbonyl (C=O) groups is 1. The van der Waals surface area contributed by atoms with Crippen LogP contribution in [0.1, 0.15) is 64.0 Å². The Balaban J connectivity index is 1.56. The van der Waals surface area contributed by atoms with Crippen LogP contribution in [0, 0.1) is 0 Å². The highest BCUT2D eigenvalue weighted by molar-refractivity contribution is 5.85. The molecule has 1 aromatic carbocycles. The SMILES string of the molecule is O=C(O)c1cnc(/C=C/c2ccc3c(c2)C2CCC3C2)cn1. The van der Waals surface area contributed by atoms with Gasteiger partial charge in [-0.15, -0.1) is 0 Å². The van der Waals surface area contributed by atoms with E-state index in [4.69, 9.17) is 5.11 Å². The summed E-state index contributed by atoms with van der Waals surface area (Å²) < 4.78 is 0. The van der Waals surface area contributed by atoms with Crippen molar-refractivity contribution < 1.29 is 9.90 Å². The van der Waals surface area contributed by atoms with Crippen molar-refractivity contribution in [3.05, 3.63) is 58.7 Å². The molecule has 1 saturated carbocycles. The van der Waals surface area contributed by atoms with E-state index in [2.05, 4.69) is 28.2 Å². The number of hydrogen-bond acceptors (Lipinski definition) is 3. The first-order valence-corrected chi connectivity index (χ1v) is 7.58. The molecule has 0 amide bonds. The summed E-state index contributed by atoms with van der Waals surface area (Å²) in [6.07, 6.45) is 10.6. The Kier molecular flexibility index (Phi) is 3.03. The van der Waals surface area contributed by atoms with Gasteiger partial charge in [0.1, 0.15) is 0 Å². The molecule has 1 N–H and O–H groups in total. The lowest BCUT2D eigenvalue weighted by molar-refractivity contribution is 0.0690. The Labute approximate surface area is 128 Å². The van der Waals surface area contributed by atoms with Gasteiger partial charge in [-0.2, -0.15) is 0 Å². The molecule has 0 saturated heterocycles. The summed E-state index contributed by atoms with van der Waals surface area (Å²) >= 11 is 0. The monoisotopic (exact) mass is 292 g/mol. The van der Waals surface area contributed by atoms with E-state index in [1.165, 1.54) is 37.2 Å². The maximum atomic E-state index is 10.7. The number of fused-ring (bicyclic) bond motifs is 5. The van der Waals surface area contributed by atoms with Crippen LogP contribution in [0.4, 0.5) is 0 Å². The minimum atomic E-state index is -1.06. The topological polar surface area (TPSA) is 63.1 Å². The standard InChI is InChI=1S/C18H16N2O2/c21-18(22)17-10-19-14(9-20-17)5-1-11-2-6-15-12-3-4-13(8-12)16(15)7-11/h1-2,5-7,9-10,12-13H,3-4,8H2,(H,21,22)/b5-1+. The Morgan fingerprint density at radius 2 is 1.91 bits per heavy atom. The number of carboxylic acids is 1. The van der Waals surface area contributed by atoms with Gasteiger partial charge in [0.15, 0.2) is 5.69 Å². The summed E-state index contributed by atoms with van der Waals surface area (Å²) in [5.74, 6) is 0.479. The van der Waals surface area contributed by atoms with Gasteiger partial charge in [0.25, 0.3) is 0 Å². The van der Waals surface area contributed by atoms with Gasteiger partial charge in [0, 0.05) is 0 Å². The molecule has 4 rings (SSSR count). The molecule has 2 aliphatic carbocycles. The van der Waals surface area contributed by atoms with Crippen LogP contribution >= 0.6 is 0 Å². The number of rotatable bonds is 3. The predicted octanol–water partition coefficient (Wildman–Crippen LogP) is 3.71. The molecule has 110 valence electrons. The lowest BCUT2D eigenvalue weighted by atomic mass is 9.90. The molecule has 4 nitrogen and oxygen atoms in total. The molecule has 2 unspecified atom stereocenters. The first-order chi connectivity index (χ1) is 10.7. The van der Waals surface area contributed by atoms with Gasteiger partial charge in [-0.3, -0.25) is 4.98 Å². The number of nitrogens with zero attached hydrogens (tertiary/aromatic N) is 2. The van der Waals surface area contributed by atoms with E-state index in [9.17, 15) is 4.79 Å². The van der Waals surface area contributed by atoms with Crippen molar-refractivity contribution >= 4 is 18.1 Å². The van der Waals surface area contributed by atoms with Crippen LogP contribution in [0.3, 0.4) is 0 Å². The molecule has 1 fully saturated rings. The molecule has 0 aliphatic heterocycles. The van der Waals surface area contributed by atoms with E-state index in [0.29, 0.717) is 5.69 Å². The quantitative estimate of drug-likeness (QED) is 0.936.